The van der Waals surface area contributed by atoms with Gasteiger partial charge in [-0.1, -0.05) is 11.8 Å². The number of nitrogens with two attached hydrogens (primary N) is 1. The number of carbonyl (C=O) groups is 1. The Hall–Kier alpha value is -2.36. The van der Waals surface area contributed by atoms with Crippen LogP contribution in [0.1, 0.15) is 20.8 Å². The molecule has 0 atom stereocenters. The SMILES string of the molecule is CN(Cc1cc(C#CCN)cs1)C(=O)c1ccncc1O. The van der Waals surface area contributed by atoms with E-state index in [1.807, 2.05) is 11.4 Å². The van der Waals surface area contributed by atoms with E-state index in [9.17, 15) is 9.90 Å². The van der Waals surface area contributed by atoms with Crippen LogP contribution in [-0.2, 0) is 6.54 Å². The second kappa shape index (κ2) is 6.88. The maximum absolute atomic E-state index is 12.2. The number of amides is 1. The van der Waals surface area contributed by atoms with E-state index in [0.29, 0.717) is 13.1 Å². The third-order valence-corrected chi connectivity index (χ3v) is 3.68. The molecule has 0 aliphatic carbocycles. The van der Waals surface area contributed by atoms with Gasteiger partial charge in [0.25, 0.3) is 5.91 Å². The van der Waals surface area contributed by atoms with Crippen molar-refractivity contribution in [1.82, 2.24) is 9.88 Å². The van der Waals surface area contributed by atoms with Gasteiger partial charge < -0.3 is 15.7 Å². The summed E-state index contributed by atoms with van der Waals surface area (Å²) < 4.78 is 0. The molecule has 2 aromatic heterocycles. The molecule has 0 spiro atoms. The number of nitrogens with zero attached hydrogens (tertiary/aromatic N) is 2. The first-order chi connectivity index (χ1) is 10.1. The monoisotopic (exact) mass is 301 g/mol. The summed E-state index contributed by atoms with van der Waals surface area (Å²) in [6.45, 7) is 0.778. The molecule has 0 saturated carbocycles. The second-order valence-corrected chi connectivity index (χ2v) is 5.36. The minimum atomic E-state index is -0.252. The summed E-state index contributed by atoms with van der Waals surface area (Å²) in [6, 6.07) is 3.43. The van der Waals surface area contributed by atoms with Gasteiger partial charge in [0.05, 0.1) is 24.8 Å². The summed E-state index contributed by atoms with van der Waals surface area (Å²) in [5.74, 6) is 5.38. The first-order valence-electron chi connectivity index (χ1n) is 6.26. The average Bonchev–Trinajstić information content (AvgIpc) is 2.92. The lowest BCUT2D eigenvalue weighted by molar-refractivity contribution is 0.0783. The molecule has 0 aliphatic heterocycles. The van der Waals surface area contributed by atoms with Crippen LogP contribution in [0, 0.1) is 11.8 Å². The Kier molecular flexibility index (Phi) is 4.93. The molecule has 0 aliphatic rings. The molecule has 2 heterocycles. The average molecular weight is 301 g/mol. The van der Waals surface area contributed by atoms with E-state index in [4.69, 9.17) is 5.73 Å². The Morgan fingerprint density at radius 2 is 2.38 bits per heavy atom. The van der Waals surface area contributed by atoms with Gasteiger partial charge in [0, 0.05) is 29.1 Å². The zero-order valence-corrected chi connectivity index (χ0v) is 12.4. The minimum Gasteiger partial charge on any atom is -0.505 e. The summed E-state index contributed by atoms with van der Waals surface area (Å²) in [6.07, 6.45) is 2.74. The van der Waals surface area contributed by atoms with Crippen LogP contribution in [0.2, 0.25) is 0 Å². The third-order valence-electron chi connectivity index (χ3n) is 2.76. The molecule has 21 heavy (non-hydrogen) atoms. The van der Waals surface area contributed by atoms with Gasteiger partial charge in [-0.3, -0.25) is 9.78 Å². The molecule has 0 unspecified atom stereocenters. The maximum Gasteiger partial charge on any atom is 0.257 e. The molecule has 2 rings (SSSR count). The highest BCUT2D eigenvalue weighted by Crippen LogP contribution is 2.19. The number of pyridine rings is 1. The molecule has 5 nitrogen and oxygen atoms in total. The molecule has 1 amide bonds. The minimum absolute atomic E-state index is 0.116. The van der Waals surface area contributed by atoms with Crippen molar-refractivity contribution in [2.24, 2.45) is 5.73 Å². The zero-order chi connectivity index (χ0) is 15.2. The molecule has 2 aromatic rings. The summed E-state index contributed by atoms with van der Waals surface area (Å²) in [5.41, 5.74) is 6.47. The maximum atomic E-state index is 12.2. The molecule has 0 aromatic carbocycles. The van der Waals surface area contributed by atoms with Gasteiger partial charge >= 0.3 is 0 Å². The van der Waals surface area contributed by atoms with Crippen LogP contribution in [0.5, 0.6) is 5.75 Å². The Morgan fingerprint density at radius 3 is 3.10 bits per heavy atom. The Labute approximate surface area is 127 Å². The summed E-state index contributed by atoms with van der Waals surface area (Å²) >= 11 is 1.53. The highest BCUT2D eigenvalue weighted by molar-refractivity contribution is 7.10. The van der Waals surface area contributed by atoms with Crippen LogP contribution in [-0.4, -0.2) is 34.5 Å². The lowest BCUT2D eigenvalue weighted by atomic mass is 10.2. The van der Waals surface area contributed by atoms with Crippen molar-refractivity contribution in [3.05, 3.63) is 45.9 Å². The van der Waals surface area contributed by atoms with Crippen LogP contribution in [0.3, 0.4) is 0 Å². The van der Waals surface area contributed by atoms with Crippen molar-refractivity contribution in [2.75, 3.05) is 13.6 Å². The van der Waals surface area contributed by atoms with Crippen LogP contribution in [0.15, 0.2) is 29.9 Å². The zero-order valence-electron chi connectivity index (χ0n) is 11.5. The van der Waals surface area contributed by atoms with Crippen molar-refractivity contribution in [2.45, 2.75) is 6.54 Å². The second-order valence-electron chi connectivity index (χ2n) is 4.36. The molecule has 0 bridgehead atoms. The van der Waals surface area contributed by atoms with E-state index in [1.54, 1.807) is 11.9 Å². The normalized spacial score (nSPS) is 9.81. The molecule has 108 valence electrons. The lowest BCUT2D eigenvalue weighted by Gasteiger charge is -2.16. The van der Waals surface area contributed by atoms with Gasteiger partial charge in [0.1, 0.15) is 5.75 Å². The van der Waals surface area contributed by atoms with Gasteiger partial charge in [0.15, 0.2) is 0 Å². The van der Waals surface area contributed by atoms with Gasteiger partial charge in [-0.05, 0) is 12.1 Å². The first-order valence-corrected chi connectivity index (χ1v) is 7.14. The summed E-state index contributed by atoms with van der Waals surface area (Å²) in [4.78, 5) is 18.6. The van der Waals surface area contributed by atoms with E-state index in [1.165, 1.54) is 29.8 Å². The Morgan fingerprint density at radius 1 is 1.57 bits per heavy atom. The lowest BCUT2D eigenvalue weighted by Crippen LogP contribution is -2.25. The van der Waals surface area contributed by atoms with E-state index >= 15 is 0 Å². The van der Waals surface area contributed by atoms with Crippen LogP contribution < -0.4 is 5.73 Å². The third kappa shape index (κ3) is 3.81. The molecule has 3 N–H and O–H groups in total. The van der Waals surface area contributed by atoms with Gasteiger partial charge in [-0.2, -0.15) is 0 Å². The van der Waals surface area contributed by atoms with Crippen molar-refractivity contribution in [1.29, 1.82) is 0 Å². The van der Waals surface area contributed by atoms with E-state index in [2.05, 4.69) is 16.8 Å². The molecule has 0 radical (unpaired) electrons. The number of rotatable bonds is 3. The first kappa shape index (κ1) is 15.0. The number of aromatic hydroxyl groups is 1. The largest absolute Gasteiger partial charge is 0.505 e. The number of thiophene rings is 1. The molecule has 6 heteroatoms. The van der Waals surface area contributed by atoms with Crippen LogP contribution in [0.25, 0.3) is 0 Å². The number of carbonyl (C=O) groups excluding carboxylic acids is 1. The van der Waals surface area contributed by atoms with Crippen molar-refractivity contribution in [3.8, 4) is 17.6 Å². The van der Waals surface area contributed by atoms with Crippen molar-refractivity contribution < 1.29 is 9.90 Å². The van der Waals surface area contributed by atoms with E-state index < -0.39 is 0 Å². The van der Waals surface area contributed by atoms with Gasteiger partial charge in [-0.25, -0.2) is 0 Å². The standard InChI is InChI=1S/C15H15N3O2S/c1-18(15(20)13-4-6-17-8-14(13)19)9-12-7-11(10-21-12)3-2-5-16/h4,6-8,10,19H,5,9,16H2,1H3. The Bertz CT molecular complexity index is 700. The predicted molar refractivity (Wildman–Crippen MR) is 82.0 cm³/mol. The molecular weight excluding hydrogens is 286 g/mol. The van der Waals surface area contributed by atoms with E-state index in [0.717, 1.165) is 10.4 Å². The fraction of sp³-hybridized carbons (Fsp3) is 0.200. The van der Waals surface area contributed by atoms with Crippen molar-refractivity contribution >= 4 is 17.2 Å². The Balaban J connectivity index is 2.07. The topological polar surface area (TPSA) is 79.5 Å². The fourth-order valence-corrected chi connectivity index (χ4v) is 2.63. The number of hydrogen-bond donors (Lipinski definition) is 2. The molecule has 0 saturated heterocycles. The predicted octanol–water partition coefficient (Wildman–Crippen LogP) is 1.43. The van der Waals surface area contributed by atoms with E-state index in [-0.39, 0.29) is 17.2 Å². The number of aromatic nitrogens is 1. The van der Waals surface area contributed by atoms with Crippen LogP contribution >= 0.6 is 11.3 Å². The summed E-state index contributed by atoms with van der Waals surface area (Å²) in [5, 5.41) is 11.6. The van der Waals surface area contributed by atoms with Crippen LogP contribution in [0.4, 0.5) is 0 Å². The van der Waals surface area contributed by atoms with Gasteiger partial charge in [0.2, 0.25) is 0 Å². The smallest absolute Gasteiger partial charge is 0.257 e. The fourth-order valence-electron chi connectivity index (χ4n) is 1.76. The quantitative estimate of drug-likeness (QED) is 0.841. The summed E-state index contributed by atoms with van der Waals surface area (Å²) in [7, 11) is 1.69. The van der Waals surface area contributed by atoms with Gasteiger partial charge in [-0.15, -0.1) is 11.3 Å². The highest BCUT2D eigenvalue weighted by atomic mass is 32.1. The molecule has 0 fully saturated rings. The van der Waals surface area contributed by atoms with Crippen molar-refractivity contribution in [3.63, 3.8) is 0 Å². The molecular formula is C15H15N3O2S. The number of hydrogen-bond acceptors (Lipinski definition) is 5. The highest BCUT2D eigenvalue weighted by Gasteiger charge is 2.16.